The molecule has 9 heteroatoms. The van der Waals surface area contributed by atoms with Crippen LogP contribution in [0.1, 0.15) is 36.2 Å². The number of hydrogen-bond donors (Lipinski definition) is 5. The lowest BCUT2D eigenvalue weighted by molar-refractivity contribution is -0.123. The molecule has 0 bridgehead atoms. The van der Waals surface area contributed by atoms with Crippen LogP contribution in [0.3, 0.4) is 0 Å². The zero-order valence-electron chi connectivity index (χ0n) is 19.7. The molecular formula is C26H29BN4O4. The predicted molar refractivity (Wildman–Crippen MR) is 137 cm³/mol. The molecule has 8 nitrogen and oxygen atoms in total. The van der Waals surface area contributed by atoms with Crippen molar-refractivity contribution in [3.05, 3.63) is 78.1 Å². The molecular weight excluding hydrogens is 443 g/mol. The summed E-state index contributed by atoms with van der Waals surface area (Å²) in [6, 6.07) is 15.6. The number of fused-ring (bicyclic) bond motifs is 2. The molecule has 0 radical (unpaired) electrons. The van der Waals surface area contributed by atoms with Crippen molar-refractivity contribution in [2.75, 3.05) is 0 Å². The Bertz CT molecular complexity index is 1340. The number of nitrogens with zero attached hydrogens (tertiary/aromatic N) is 1. The zero-order valence-corrected chi connectivity index (χ0v) is 19.7. The highest BCUT2D eigenvalue weighted by molar-refractivity contribution is 6.43. The molecule has 35 heavy (non-hydrogen) atoms. The van der Waals surface area contributed by atoms with Crippen LogP contribution in [-0.4, -0.2) is 50.9 Å². The molecule has 0 fully saturated rings. The third-order valence-electron chi connectivity index (χ3n) is 6.00. The third kappa shape index (κ3) is 5.88. The first-order chi connectivity index (χ1) is 16.8. The van der Waals surface area contributed by atoms with Crippen LogP contribution in [0.4, 0.5) is 0 Å². The molecule has 0 aliphatic heterocycles. The number of H-pyrrole nitrogens is 1. The van der Waals surface area contributed by atoms with E-state index in [-0.39, 0.29) is 12.3 Å². The number of benzene rings is 2. The van der Waals surface area contributed by atoms with Gasteiger partial charge in [-0.15, -0.1) is 0 Å². The smallest absolute Gasteiger partial charge is 0.426 e. The number of nitrogens with one attached hydrogen (secondary N) is 3. The quantitative estimate of drug-likeness (QED) is 0.239. The molecule has 0 saturated heterocycles. The Morgan fingerprint density at radius 3 is 2.63 bits per heavy atom. The highest BCUT2D eigenvalue weighted by Gasteiger charge is 2.30. The lowest BCUT2D eigenvalue weighted by Gasteiger charge is -2.24. The van der Waals surface area contributed by atoms with E-state index >= 15 is 0 Å². The van der Waals surface area contributed by atoms with Crippen molar-refractivity contribution in [3.63, 3.8) is 0 Å². The Kier molecular flexibility index (Phi) is 7.48. The van der Waals surface area contributed by atoms with Gasteiger partial charge in [0.25, 0.3) is 5.91 Å². The molecule has 4 aromatic rings. The topological polar surface area (TPSA) is 127 Å². The van der Waals surface area contributed by atoms with E-state index in [9.17, 15) is 19.6 Å². The van der Waals surface area contributed by atoms with Gasteiger partial charge in [-0.25, -0.2) is 0 Å². The normalized spacial score (nSPS) is 13.1. The first-order valence-electron chi connectivity index (χ1n) is 11.7. The van der Waals surface area contributed by atoms with Crippen LogP contribution in [0.25, 0.3) is 21.8 Å². The largest absolute Gasteiger partial charge is 0.475 e. The molecule has 5 N–H and O–H groups in total. The molecule has 0 aliphatic rings. The summed E-state index contributed by atoms with van der Waals surface area (Å²) in [5, 5.41) is 26.9. The van der Waals surface area contributed by atoms with Gasteiger partial charge >= 0.3 is 7.12 Å². The number of carbonyl (C=O) groups excluding carboxylic acids is 2. The van der Waals surface area contributed by atoms with Crippen molar-refractivity contribution in [2.45, 2.75) is 38.7 Å². The van der Waals surface area contributed by atoms with Crippen molar-refractivity contribution < 1.29 is 19.6 Å². The van der Waals surface area contributed by atoms with Crippen molar-refractivity contribution in [2.24, 2.45) is 5.92 Å². The predicted octanol–water partition coefficient (Wildman–Crippen LogP) is 2.60. The van der Waals surface area contributed by atoms with E-state index in [0.29, 0.717) is 12.0 Å². The fourth-order valence-corrected chi connectivity index (χ4v) is 4.23. The summed E-state index contributed by atoms with van der Waals surface area (Å²) in [7, 11) is -1.71. The summed E-state index contributed by atoms with van der Waals surface area (Å²) >= 11 is 0. The summed E-state index contributed by atoms with van der Waals surface area (Å²) in [4.78, 5) is 34.0. The maximum atomic E-state index is 13.3. The van der Waals surface area contributed by atoms with Gasteiger partial charge in [0.05, 0.1) is 11.5 Å². The molecule has 0 unspecified atom stereocenters. The number of rotatable bonds is 9. The number of aromatic nitrogens is 2. The number of pyridine rings is 1. The maximum absolute atomic E-state index is 13.3. The number of amides is 2. The van der Waals surface area contributed by atoms with Crippen LogP contribution in [0, 0.1) is 5.92 Å². The third-order valence-corrected chi connectivity index (χ3v) is 6.00. The minimum absolute atomic E-state index is 0.134. The van der Waals surface area contributed by atoms with Gasteiger partial charge in [-0.1, -0.05) is 38.1 Å². The first-order valence-corrected chi connectivity index (χ1v) is 11.7. The molecule has 0 aliphatic carbocycles. The van der Waals surface area contributed by atoms with Crippen molar-refractivity contribution >= 4 is 40.7 Å². The Morgan fingerprint density at radius 1 is 1.06 bits per heavy atom. The highest BCUT2D eigenvalue weighted by atomic mass is 16.4. The Hall–Kier alpha value is -3.69. The number of carbonyl (C=O) groups is 2. The lowest BCUT2D eigenvalue weighted by atomic mass is 9.75. The minimum Gasteiger partial charge on any atom is -0.426 e. The van der Waals surface area contributed by atoms with Crippen LogP contribution in [0.5, 0.6) is 0 Å². The molecule has 0 saturated carbocycles. The van der Waals surface area contributed by atoms with E-state index in [2.05, 4.69) is 20.6 Å². The summed E-state index contributed by atoms with van der Waals surface area (Å²) in [5.74, 6) is -1.60. The second kappa shape index (κ2) is 10.7. The minimum atomic E-state index is -1.71. The van der Waals surface area contributed by atoms with Crippen LogP contribution in [0.2, 0.25) is 0 Å². The van der Waals surface area contributed by atoms with Gasteiger partial charge in [0.1, 0.15) is 6.04 Å². The van der Waals surface area contributed by atoms with Gasteiger partial charge in [0, 0.05) is 40.7 Å². The molecule has 2 aromatic heterocycles. The van der Waals surface area contributed by atoms with Crippen molar-refractivity contribution in [3.8, 4) is 0 Å². The van der Waals surface area contributed by atoms with Gasteiger partial charge in [-0.2, -0.15) is 0 Å². The average Bonchev–Trinajstić information content (AvgIpc) is 3.25. The Balaban J connectivity index is 1.60. The molecule has 180 valence electrons. The molecule has 2 heterocycles. The SMILES string of the molecule is CC(C)C[C@H](NC(=O)[C@H](Cc1c[nH]c2ccccc12)NC(=O)c1ccc2ncccc2c1)B(O)O. The summed E-state index contributed by atoms with van der Waals surface area (Å²) < 4.78 is 0. The fraction of sp³-hybridized carbons (Fsp3) is 0.269. The molecule has 4 rings (SSSR count). The van der Waals surface area contributed by atoms with E-state index in [4.69, 9.17) is 0 Å². The summed E-state index contributed by atoms with van der Waals surface area (Å²) in [6.45, 7) is 3.86. The van der Waals surface area contributed by atoms with Gasteiger partial charge < -0.3 is 25.7 Å². The first kappa shape index (κ1) is 24.4. The van der Waals surface area contributed by atoms with Gasteiger partial charge in [-0.3, -0.25) is 14.6 Å². The van der Waals surface area contributed by atoms with Crippen molar-refractivity contribution in [1.29, 1.82) is 0 Å². The number of hydrogen-bond acceptors (Lipinski definition) is 5. The van der Waals surface area contributed by atoms with Crippen LogP contribution >= 0.6 is 0 Å². The van der Waals surface area contributed by atoms with E-state index in [0.717, 1.165) is 27.4 Å². The standard InChI is InChI=1S/C26H29BN4O4/c1-16(2)12-24(27(34)35)31-26(33)23(14-19-15-29-22-8-4-3-7-20(19)22)30-25(32)18-9-10-21-17(13-18)6-5-11-28-21/h3-11,13,15-16,23-24,29,34-35H,12,14H2,1-2H3,(H,30,32)(H,31,33)/t23-,24-/m0/s1. The van der Waals surface area contributed by atoms with E-state index in [1.54, 1.807) is 30.5 Å². The summed E-state index contributed by atoms with van der Waals surface area (Å²) in [6.07, 6.45) is 4.12. The summed E-state index contributed by atoms with van der Waals surface area (Å²) in [5.41, 5.74) is 2.97. The highest BCUT2D eigenvalue weighted by Crippen LogP contribution is 2.20. The second-order valence-electron chi connectivity index (χ2n) is 9.16. The zero-order chi connectivity index (χ0) is 24.9. The Morgan fingerprint density at radius 2 is 1.86 bits per heavy atom. The van der Waals surface area contributed by atoms with E-state index < -0.39 is 30.9 Å². The number of aromatic amines is 1. The van der Waals surface area contributed by atoms with Gasteiger partial charge in [0.2, 0.25) is 5.91 Å². The van der Waals surface area contributed by atoms with Crippen LogP contribution in [-0.2, 0) is 11.2 Å². The lowest BCUT2D eigenvalue weighted by Crippen LogP contribution is -2.55. The molecule has 2 amide bonds. The molecule has 2 atom stereocenters. The molecule has 2 aromatic carbocycles. The maximum Gasteiger partial charge on any atom is 0.475 e. The second-order valence-corrected chi connectivity index (χ2v) is 9.16. The molecule has 0 spiro atoms. The average molecular weight is 472 g/mol. The van der Waals surface area contributed by atoms with Crippen LogP contribution in [0.15, 0.2) is 67.0 Å². The van der Waals surface area contributed by atoms with E-state index in [1.807, 2.05) is 50.4 Å². The fourth-order valence-electron chi connectivity index (χ4n) is 4.23. The number of para-hydroxylation sites is 1. The Labute approximate surface area is 203 Å². The van der Waals surface area contributed by atoms with Crippen LogP contribution < -0.4 is 10.6 Å². The van der Waals surface area contributed by atoms with Crippen molar-refractivity contribution in [1.82, 2.24) is 20.6 Å². The van der Waals surface area contributed by atoms with E-state index in [1.165, 1.54) is 0 Å². The monoisotopic (exact) mass is 472 g/mol. The van der Waals surface area contributed by atoms with Gasteiger partial charge in [0.15, 0.2) is 0 Å². The van der Waals surface area contributed by atoms with Gasteiger partial charge in [-0.05, 0) is 48.2 Å².